The van der Waals surface area contributed by atoms with Gasteiger partial charge in [-0.15, -0.1) is 0 Å². The summed E-state index contributed by atoms with van der Waals surface area (Å²) in [6, 6.07) is 18.0. The number of hydrogen-bond acceptors (Lipinski definition) is 4. The Labute approximate surface area is 187 Å². The van der Waals surface area contributed by atoms with Crippen LogP contribution in [0.4, 0.5) is 5.69 Å². The van der Waals surface area contributed by atoms with Crippen molar-refractivity contribution in [1.82, 2.24) is 14.9 Å². The third-order valence-electron chi connectivity index (χ3n) is 4.55. The number of hydrogen-bond donors (Lipinski definition) is 2. The Morgan fingerprint density at radius 2 is 1.84 bits per heavy atom. The molecule has 0 radical (unpaired) electrons. The largest absolute Gasteiger partial charge is 0.444 e. The van der Waals surface area contributed by atoms with Crippen molar-refractivity contribution in [2.75, 3.05) is 5.32 Å². The van der Waals surface area contributed by atoms with Crippen LogP contribution in [0.25, 0.3) is 0 Å². The molecule has 0 unspecified atom stereocenters. The van der Waals surface area contributed by atoms with E-state index >= 15 is 0 Å². The van der Waals surface area contributed by atoms with Gasteiger partial charge in [0.2, 0.25) is 0 Å². The second kappa shape index (κ2) is 9.44. The van der Waals surface area contributed by atoms with Crippen LogP contribution in [-0.4, -0.2) is 21.4 Å². The summed E-state index contributed by atoms with van der Waals surface area (Å²) in [5, 5.41) is 5.65. The van der Waals surface area contributed by atoms with Crippen molar-refractivity contribution in [3.8, 4) is 0 Å². The van der Waals surface area contributed by atoms with Crippen LogP contribution in [0.15, 0.2) is 88.5 Å². The van der Waals surface area contributed by atoms with Crippen LogP contribution >= 0.6 is 15.9 Å². The molecule has 4 aromatic rings. The maximum atomic E-state index is 12.6. The number of anilines is 1. The van der Waals surface area contributed by atoms with Gasteiger partial charge in [-0.1, -0.05) is 30.3 Å². The van der Waals surface area contributed by atoms with E-state index in [1.54, 1.807) is 48.9 Å². The molecule has 156 valence electrons. The summed E-state index contributed by atoms with van der Waals surface area (Å²) in [5.74, 6) is -0.438. The highest BCUT2D eigenvalue weighted by molar-refractivity contribution is 9.10. The van der Waals surface area contributed by atoms with Gasteiger partial charge in [0.1, 0.15) is 0 Å². The lowest BCUT2D eigenvalue weighted by atomic mass is 10.1. The van der Waals surface area contributed by atoms with Crippen molar-refractivity contribution >= 4 is 33.4 Å². The molecule has 0 aliphatic carbocycles. The minimum absolute atomic E-state index is 0.178. The molecular weight excluding hydrogens is 460 g/mol. The number of benzene rings is 2. The lowest BCUT2D eigenvalue weighted by molar-refractivity contribution is 0.0949. The number of nitrogens with one attached hydrogen (secondary N) is 2. The summed E-state index contributed by atoms with van der Waals surface area (Å²) in [4.78, 5) is 28.9. The highest BCUT2D eigenvalue weighted by atomic mass is 79.9. The third kappa shape index (κ3) is 5.49. The second-order valence-electron chi connectivity index (χ2n) is 6.88. The first-order valence-electron chi connectivity index (χ1n) is 9.55. The number of carbonyl (C=O) groups is 2. The maximum absolute atomic E-state index is 12.6. The Bertz CT molecular complexity index is 1200. The first-order chi connectivity index (χ1) is 15.1. The van der Waals surface area contributed by atoms with Gasteiger partial charge in [-0.3, -0.25) is 9.59 Å². The maximum Gasteiger partial charge on any atom is 0.291 e. The first kappa shape index (κ1) is 20.6. The Balaban J connectivity index is 1.37. The smallest absolute Gasteiger partial charge is 0.291 e. The zero-order valence-corrected chi connectivity index (χ0v) is 18.0. The number of furan rings is 1. The topological polar surface area (TPSA) is 89.2 Å². The average molecular weight is 479 g/mol. The summed E-state index contributed by atoms with van der Waals surface area (Å²) in [7, 11) is 0. The van der Waals surface area contributed by atoms with Crippen molar-refractivity contribution in [3.05, 3.63) is 107 Å². The van der Waals surface area contributed by atoms with Gasteiger partial charge in [-0.2, -0.15) is 0 Å². The van der Waals surface area contributed by atoms with Gasteiger partial charge in [-0.25, -0.2) is 4.98 Å². The number of carbonyl (C=O) groups excluding carboxylic acids is 2. The molecule has 0 saturated carbocycles. The number of aromatic nitrogens is 2. The molecule has 2 aromatic carbocycles. The highest BCUT2D eigenvalue weighted by Crippen LogP contribution is 2.17. The normalized spacial score (nSPS) is 10.6. The Morgan fingerprint density at radius 3 is 2.61 bits per heavy atom. The van der Waals surface area contributed by atoms with Crippen LogP contribution in [0.1, 0.15) is 32.0 Å². The molecule has 2 heterocycles. The van der Waals surface area contributed by atoms with Crippen LogP contribution in [-0.2, 0) is 13.1 Å². The molecule has 31 heavy (non-hydrogen) atoms. The van der Waals surface area contributed by atoms with Gasteiger partial charge in [0.05, 0.1) is 6.33 Å². The summed E-state index contributed by atoms with van der Waals surface area (Å²) in [6.45, 7) is 1.11. The number of halogens is 1. The van der Waals surface area contributed by atoms with Gasteiger partial charge >= 0.3 is 0 Å². The molecule has 0 aliphatic rings. The van der Waals surface area contributed by atoms with Gasteiger partial charge in [-0.05, 0) is 57.4 Å². The molecule has 2 aromatic heterocycles. The highest BCUT2D eigenvalue weighted by Gasteiger charge is 2.12. The van der Waals surface area contributed by atoms with Gasteiger partial charge < -0.3 is 19.6 Å². The van der Waals surface area contributed by atoms with Gasteiger partial charge in [0.15, 0.2) is 10.4 Å². The van der Waals surface area contributed by atoms with E-state index in [4.69, 9.17) is 4.42 Å². The summed E-state index contributed by atoms with van der Waals surface area (Å²) < 4.78 is 7.70. The van der Waals surface area contributed by atoms with E-state index in [1.807, 2.05) is 29.0 Å². The van der Waals surface area contributed by atoms with E-state index in [-0.39, 0.29) is 11.7 Å². The number of rotatable bonds is 7. The van der Waals surface area contributed by atoms with Gasteiger partial charge in [0, 0.05) is 36.7 Å². The molecule has 2 N–H and O–H groups in total. The van der Waals surface area contributed by atoms with Crippen molar-refractivity contribution in [3.63, 3.8) is 0 Å². The van der Waals surface area contributed by atoms with E-state index in [0.29, 0.717) is 22.5 Å². The molecule has 2 amide bonds. The fraction of sp³-hybridized carbons (Fsp3) is 0.0870. The molecule has 4 rings (SSSR count). The Hall–Kier alpha value is -3.65. The number of nitrogens with zero attached hydrogens (tertiary/aromatic N) is 2. The van der Waals surface area contributed by atoms with Crippen LogP contribution in [0.3, 0.4) is 0 Å². The molecule has 7 nitrogen and oxygen atoms in total. The van der Waals surface area contributed by atoms with E-state index in [1.165, 1.54) is 0 Å². The van der Waals surface area contributed by atoms with Crippen LogP contribution in [0.2, 0.25) is 0 Å². The zero-order chi connectivity index (χ0) is 21.6. The zero-order valence-electron chi connectivity index (χ0n) is 16.4. The lowest BCUT2D eigenvalue weighted by Crippen LogP contribution is -2.23. The summed E-state index contributed by atoms with van der Waals surface area (Å²) in [6.07, 6.45) is 5.42. The fourth-order valence-electron chi connectivity index (χ4n) is 3.08. The van der Waals surface area contributed by atoms with Gasteiger partial charge in [0.25, 0.3) is 11.8 Å². The third-order valence-corrected chi connectivity index (χ3v) is 4.97. The van der Waals surface area contributed by atoms with Crippen molar-refractivity contribution in [1.29, 1.82) is 0 Å². The van der Waals surface area contributed by atoms with Crippen LogP contribution in [0.5, 0.6) is 0 Å². The molecular formula is C23H19BrN4O3. The molecule has 0 fully saturated rings. The summed E-state index contributed by atoms with van der Waals surface area (Å²) >= 11 is 3.17. The Kier molecular flexibility index (Phi) is 6.28. The van der Waals surface area contributed by atoms with E-state index in [9.17, 15) is 9.59 Å². The molecule has 0 spiro atoms. The monoisotopic (exact) mass is 478 g/mol. The van der Waals surface area contributed by atoms with Crippen LogP contribution < -0.4 is 10.6 Å². The average Bonchev–Trinajstić information content (AvgIpc) is 3.44. The lowest BCUT2D eigenvalue weighted by Gasteiger charge is -2.09. The molecule has 0 atom stereocenters. The number of amides is 2. The van der Waals surface area contributed by atoms with Crippen LogP contribution in [0, 0.1) is 0 Å². The van der Waals surface area contributed by atoms with E-state index in [0.717, 1.165) is 17.7 Å². The first-order valence-corrected chi connectivity index (χ1v) is 10.3. The molecule has 0 bridgehead atoms. The second-order valence-corrected chi connectivity index (χ2v) is 7.66. The molecule has 0 aliphatic heterocycles. The minimum Gasteiger partial charge on any atom is -0.444 e. The quantitative estimate of drug-likeness (QED) is 0.410. The standard InChI is InChI=1S/C23H19BrN4O3/c24-21-8-7-20(31-21)23(30)27-19-6-2-5-18(12-19)22(29)26-13-16-3-1-4-17(11-16)14-28-10-9-25-15-28/h1-12,15H,13-14H2,(H,26,29)(H,27,30). The van der Waals surface area contributed by atoms with Crippen molar-refractivity contribution < 1.29 is 14.0 Å². The number of imidazole rings is 1. The minimum atomic E-state index is -0.391. The fourth-order valence-corrected chi connectivity index (χ4v) is 3.39. The molecule has 8 heteroatoms. The summed E-state index contributed by atoms with van der Waals surface area (Å²) in [5.41, 5.74) is 3.08. The van der Waals surface area contributed by atoms with E-state index < -0.39 is 5.91 Å². The predicted octanol–water partition coefficient (Wildman–Crippen LogP) is 4.47. The van der Waals surface area contributed by atoms with E-state index in [2.05, 4.69) is 37.6 Å². The predicted molar refractivity (Wildman–Crippen MR) is 120 cm³/mol. The van der Waals surface area contributed by atoms with Crippen molar-refractivity contribution in [2.45, 2.75) is 13.1 Å². The molecule has 0 saturated heterocycles. The Morgan fingerprint density at radius 1 is 1.00 bits per heavy atom. The van der Waals surface area contributed by atoms with Crippen molar-refractivity contribution in [2.24, 2.45) is 0 Å². The SMILES string of the molecule is O=C(NCc1cccc(Cn2ccnc2)c1)c1cccc(NC(=O)c2ccc(Br)o2)c1.